The SMILES string of the molecule is NS(=O)(=O)OC[C@@H]1CC[C@H](Nc2ncncc2C(=O)c2cc(Cc3ccc(F)c(Cl)c3)cs2)C1. The van der Waals surface area contributed by atoms with Gasteiger partial charge in [0.15, 0.2) is 0 Å². The van der Waals surface area contributed by atoms with Crippen molar-refractivity contribution in [1.82, 2.24) is 9.97 Å². The Labute approximate surface area is 205 Å². The summed E-state index contributed by atoms with van der Waals surface area (Å²) in [4.78, 5) is 22.0. The summed E-state index contributed by atoms with van der Waals surface area (Å²) in [6, 6.07) is 6.38. The number of nitrogens with zero attached hydrogens (tertiary/aromatic N) is 2. The van der Waals surface area contributed by atoms with Gasteiger partial charge in [-0.15, -0.1) is 11.3 Å². The lowest BCUT2D eigenvalue weighted by atomic mass is 10.1. The highest BCUT2D eigenvalue weighted by Gasteiger charge is 2.28. The number of nitrogens with one attached hydrogen (secondary N) is 1. The van der Waals surface area contributed by atoms with Crippen molar-refractivity contribution < 1.29 is 21.8 Å². The molecule has 0 unspecified atom stereocenters. The number of anilines is 1. The fraction of sp³-hybridized carbons (Fsp3) is 0.318. The molecule has 2 heterocycles. The summed E-state index contributed by atoms with van der Waals surface area (Å²) in [5.74, 6) is -0.209. The summed E-state index contributed by atoms with van der Waals surface area (Å²) in [6.45, 7) is 0.0316. The lowest BCUT2D eigenvalue weighted by Crippen LogP contribution is -2.22. The van der Waals surface area contributed by atoms with E-state index < -0.39 is 16.1 Å². The quantitative estimate of drug-likeness (QED) is 0.406. The number of nitrogens with two attached hydrogens (primary N) is 1. The van der Waals surface area contributed by atoms with E-state index in [1.54, 1.807) is 18.2 Å². The number of rotatable bonds is 9. The van der Waals surface area contributed by atoms with Gasteiger partial charge < -0.3 is 5.32 Å². The Kier molecular flexibility index (Phi) is 7.58. The third kappa shape index (κ3) is 6.36. The molecule has 0 spiro atoms. The number of hydrogen-bond acceptors (Lipinski definition) is 8. The normalized spacial score (nSPS) is 18.2. The number of thiophene rings is 1. The summed E-state index contributed by atoms with van der Waals surface area (Å²) in [5.41, 5.74) is 2.11. The van der Waals surface area contributed by atoms with E-state index >= 15 is 0 Å². The maximum atomic E-state index is 13.4. The number of carbonyl (C=O) groups excluding carboxylic acids is 1. The average molecular weight is 525 g/mol. The molecule has 2 atom stereocenters. The Balaban J connectivity index is 1.42. The van der Waals surface area contributed by atoms with Crippen molar-refractivity contribution in [1.29, 1.82) is 0 Å². The van der Waals surface area contributed by atoms with E-state index in [0.717, 1.165) is 24.0 Å². The molecule has 3 N–H and O–H groups in total. The van der Waals surface area contributed by atoms with Crippen molar-refractivity contribution >= 4 is 44.8 Å². The Morgan fingerprint density at radius 3 is 2.88 bits per heavy atom. The van der Waals surface area contributed by atoms with Crippen molar-refractivity contribution in [3.05, 3.63) is 74.6 Å². The van der Waals surface area contributed by atoms with Crippen LogP contribution in [0.4, 0.5) is 10.2 Å². The molecule has 0 saturated heterocycles. The molecule has 12 heteroatoms. The van der Waals surface area contributed by atoms with Gasteiger partial charge in [-0.25, -0.2) is 19.5 Å². The zero-order valence-electron chi connectivity index (χ0n) is 17.9. The minimum atomic E-state index is -3.97. The first-order chi connectivity index (χ1) is 16.2. The maximum absolute atomic E-state index is 13.4. The Bertz CT molecular complexity index is 1300. The van der Waals surface area contributed by atoms with Crippen LogP contribution in [-0.4, -0.2) is 36.8 Å². The molecule has 3 aromatic rings. The van der Waals surface area contributed by atoms with Crippen LogP contribution in [0.25, 0.3) is 0 Å². The van der Waals surface area contributed by atoms with Gasteiger partial charge in [-0.05, 0) is 66.3 Å². The first-order valence-electron chi connectivity index (χ1n) is 10.5. The predicted molar refractivity (Wildman–Crippen MR) is 128 cm³/mol. The topological polar surface area (TPSA) is 124 Å². The van der Waals surface area contributed by atoms with Gasteiger partial charge in [0.2, 0.25) is 5.78 Å². The van der Waals surface area contributed by atoms with Gasteiger partial charge in [0.25, 0.3) is 0 Å². The van der Waals surface area contributed by atoms with Gasteiger partial charge in [0, 0.05) is 12.2 Å². The van der Waals surface area contributed by atoms with E-state index in [4.69, 9.17) is 20.9 Å². The van der Waals surface area contributed by atoms with Gasteiger partial charge in [0.05, 0.1) is 22.1 Å². The smallest absolute Gasteiger partial charge is 0.333 e. The summed E-state index contributed by atoms with van der Waals surface area (Å²) < 4.78 is 40.1. The first-order valence-corrected chi connectivity index (χ1v) is 13.2. The third-order valence-corrected chi connectivity index (χ3v) is 7.31. The Hall–Kier alpha value is -2.44. The van der Waals surface area contributed by atoms with Crippen molar-refractivity contribution in [2.45, 2.75) is 31.7 Å². The molecule has 1 fully saturated rings. The lowest BCUT2D eigenvalue weighted by Gasteiger charge is -2.15. The Morgan fingerprint density at radius 2 is 2.12 bits per heavy atom. The molecule has 8 nitrogen and oxygen atoms in total. The molecule has 1 aliphatic rings. The molecule has 0 amide bonds. The highest BCUT2D eigenvalue weighted by Crippen LogP contribution is 2.30. The number of hydrogen-bond donors (Lipinski definition) is 2. The molecular weight excluding hydrogens is 503 g/mol. The minimum absolute atomic E-state index is 0.0117. The van der Waals surface area contributed by atoms with Crippen LogP contribution in [0.15, 0.2) is 42.2 Å². The van der Waals surface area contributed by atoms with Gasteiger partial charge in [0.1, 0.15) is 18.0 Å². The van der Waals surface area contributed by atoms with Gasteiger partial charge >= 0.3 is 10.3 Å². The van der Waals surface area contributed by atoms with Crippen LogP contribution in [0, 0.1) is 11.7 Å². The number of ketones is 1. The minimum Gasteiger partial charge on any atom is -0.367 e. The van der Waals surface area contributed by atoms with Gasteiger partial charge in [-0.1, -0.05) is 17.7 Å². The van der Waals surface area contributed by atoms with E-state index in [2.05, 4.69) is 15.3 Å². The summed E-state index contributed by atoms with van der Waals surface area (Å²) in [7, 11) is -3.97. The maximum Gasteiger partial charge on any atom is 0.333 e. The van der Waals surface area contributed by atoms with E-state index in [0.29, 0.717) is 29.1 Å². The molecule has 0 aliphatic heterocycles. The molecular formula is C22H22ClFN4O4S2. The van der Waals surface area contributed by atoms with Crippen molar-refractivity contribution in [3.63, 3.8) is 0 Å². The van der Waals surface area contributed by atoms with Crippen LogP contribution >= 0.6 is 22.9 Å². The largest absolute Gasteiger partial charge is 0.367 e. The molecule has 1 saturated carbocycles. The van der Waals surface area contributed by atoms with E-state index in [9.17, 15) is 17.6 Å². The van der Waals surface area contributed by atoms with Crippen molar-refractivity contribution in [2.24, 2.45) is 11.1 Å². The second-order valence-electron chi connectivity index (χ2n) is 8.16. The molecule has 180 valence electrons. The fourth-order valence-corrected chi connectivity index (χ4v) is 5.41. The van der Waals surface area contributed by atoms with Crippen LogP contribution in [-0.2, 0) is 20.9 Å². The zero-order valence-corrected chi connectivity index (χ0v) is 20.3. The van der Waals surface area contributed by atoms with E-state index in [1.807, 2.05) is 5.38 Å². The second-order valence-corrected chi connectivity index (χ2v) is 10.7. The molecule has 4 rings (SSSR count). The number of benzene rings is 1. The standard InChI is InChI=1S/C22H22ClFN4O4S2/c23-18-7-13(2-4-19(18)24)5-15-8-20(33-11-15)21(29)17-9-26-12-27-22(17)28-16-3-1-14(6-16)10-32-34(25,30)31/h2,4,7-9,11-12,14,16H,1,3,5-6,10H2,(H2,25,30,31)(H,26,27,28)/t14-,16+/m1/s1. The zero-order chi connectivity index (χ0) is 24.3. The predicted octanol–water partition coefficient (Wildman–Crippen LogP) is 3.95. The van der Waals surface area contributed by atoms with Crippen LogP contribution in [0.2, 0.25) is 5.02 Å². The summed E-state index contributed by atoms with van der Waals surface area (Å²) in [5, 5.41) is 10.1. The van der Waals surface area contributed by atoms with Crippen LogP contribution < -0.4 is 10.5 Å². The first kappa shape index (κ1) is 24.7. The monoisotopic (exact) mass is 524 g/mol. The highest BCUT2D eigenvalue weighted by atomic mass is 35.5. The third-order valence-electron chi connectivity index (χ3n) is 5.58. The number of halogens is 2. The summed E-state index contributed by atoms with van der Waals surface area (Å²) >= 11 is 7.18. The number of carbonyl (C=O) groups is 1. The molecule has 0 radical (unpaired) electrons. The van der Waals surface area contributed by atoms with E-state index in [-0.39, 0.29) is 29.4 Å². The fourth-order valence-electron chi connectivity index (χ4n) is 3.96. The van der Waals surface area contributed by atoms with Crippen LogP contribution in [0.5, 0.6) is 0 Å². The van der Waals surface area contributed by atoms with Crippen molar-refractivity contribution in [2.75, 3.05) is 11.9 Å². The molecule has 34 heavy (non-hydrogen) atoms. The van der Waals surface area contributed by atoms with E-state index in [1.165, 1.54) is 29.9 Å². The average Bonchev–Trinajstić information content (AvgIpc) is 3.44. The molecule has 1 aliphatic carbocycles. The molecule has 1 aromatic carbocycles. The van der Waals surface area contributed by atoms with Crippen LogP contribution in [0.1, 0.15) is 45.6 Å². The second kappa shape index (κ2) is 10.4. The molecule has 2 aromatic heterocycles. The van der Waals surface area contributed by atoms with Gasteiger partial charge in [-0.3, -0.25) is 8.98 Å². The van der Waals surface area contributed by atoms with Crippen molar-refractivity contribution in [3.8, 4) is 0 Å². The van der Waals surface area contributed by atoms with Gasteiger partial charge in [-0.2, -0.15) is 8.42 Å². The summed E-state index contributed by atoms with van der Waals surface area (Å²) in [6.07, 6.45) is 5.57. The lowest BCUT2D eigenvalue weighted by molar-refractivity contribution is 0.104. The highest BCUT2D eigenvalue weighted by molar-refractivity contribution is 7.84. The number of aromatic nitrogens is 2. The Morgan fingerprint density at radius 1 is 1.29 bits per heavy atom. The van der Waals surface area contributed by atoms with Crippen LogP contribution in [0.3, 0.4) is 0 Å². The molecule has 0 bridgehead atoms.